The van der Waals surface area contributed by atoms with Crippen molar-refractivity contribution in [2.75, 3.05) is 95.3 Å². The highest BCUT2D eigenvalue weighted by atomic mass is 19.4. The Kier molecular flexibility index (Phi) is 30.0. The van der Waals surface area contributed by atoms with Gasteiger partial charge in [-0.1, -0.05) is 98.6 Å². The number of carbonyl (C=O) groups is 12. The first-order valence-corrected chi connectivity index (χ1v) is 38.6. The van der Waals surface area contributed by atoms with Crippen molar-refractivity contribution in [2.24, 2.45) is 46.8 Å². The summed E-state index contributed by atoms with van der Waals surface area (Å²) in [5, 5.41) is 8.61. The Balaban J connectivity index is 1.32. The van der Waals surface area contributed by atoms with Gasteiger partial charge in [0.15, 0.2) is 0 Å². The SMILES string of the molecule is CCOC[C@H]1C(=O)N[C@@H]([C@@H](C)CC)C(=O)N(C)CC(=O)N(C)[C@H]2C/C=C\CCN(C2=O)[C@@H](CC2CCC(C)CC2)C(=O)N(C)CC(=O)N[C@@H](CCC2CC(F)C(C(F)(F)F)C(F)C2)C(=O)N2C[C@@H](C)C[C@H]2C(=O)NC2(CC(C)(C)C2)C(=O)N(C)[C@@H](C2CCCC2)C(=O)N(C)[C@H](C(=O)N(C)CC)CC(=O)N1C. The van der Waals surface area contributed by atoms with Gasteiger partial charge >= 0.3 is 6.18 Å². The van der Waals surface area contributed by atoms with Crippen molar-refractivity contribution in [2.45, 2.75) is 256 Å². The van der Waals surface area contributed by atoms with Gasteiger partial charge in [-0.15, -0.1) is 0 Å². The van der Waals surface area contributed by atoms with Gasteiger partial charge in [-0.05, 0) is 132 Å². The summed E-state index contributed by atoms with van der Waals surface area (Å²) in [5.41, 5.74) is -2.23. The Morgan fingerprint density at radius 2 is 1.29 bits per heavy atom. The summed E-state index contributed by atoms with van der Waals surface area (Å²) in [4.78, 5) is 193. The lowest BCUT2D eigenvalue weighted by Crippen LogP contribution is -2.71. The van der Waals surface area contributed by atoms with Crippen LogP contribution < -0.4 is 16.0 Å². The number of fused-ring (bicyclic) bond motifs is 3. The minimum atomic E-state index is -5.17. The molecule has 0 aromatic rings. The molecular weight excluding hydrogens is 1380 g/mol. The van der Waals surface area contributed by atoms with E-state index in [0.29, 0.717) is 44.4 Å². The maximum absolute atomic E-state index is 15.8. The number of hydrogen-bond acceptors (Lipinski definition) is 13. The second-order valence-corrected chi connectivity index (χ2v) is 32.9. The van der Waals surface area contributed by atoms with Crippen LogP contribution in [0.5, 0.6) is 0 Å². The largest absolute Gasteiger partial charge is 0.397 e. The van der Waals surface area contributed by atoms with Crippen molar-refractivity contribution in [3.63, 3.8) is 0 Å². The summed E-state index contributed by atoms with van der Waals surface area (Å²) < 4.78 is 78.6. The summed E-state index contributed by atoms with van der Waals surface area (Å²) in [5.74, 6) is -13.5. The van der Waals surface area contributed by atoms with Gasteiger partial charge in [0.1, 0.15) is 72.1 Å². The maximum atomic E-state index is 15.8. The zero-order valence-electron chi connectivity index (χ0n) is 65.3. The van der Waals surface area contributed by atoms with E-state index in [2.05, 4.69) is 22.9 Å². The fourth-order valence-corrected chi connectivity index (χ4v) is 17.5. The van der Waals surface area contributed by atoms with Crippen LogP contribution in [0.25, 0.3) is 0 Å². The van der Waals surface area contributed by atoms with Crippen LogP contribution in [-0.4, -0.2) is 283 Å². The molecule has 12 amide bonds. The maximum Gasteiger partial charge on any atom is 0.397 e. The molecule has 12 atom stereocenters. The lowest BCUT2D eigenvalue weighted by molar-refractivity contribution is -0.219. The number of hydrogen-bond donors (Lipinski definition) is 3. The molecule has 30 heteroatoms. The molecule has 3 heterocycles. The van der Waals surface area contributed by atoms with E-state index >= 15 is 37.5 Å². The highest BCUT2D eigenvalue weighted by Crippen LogP contribution is 2.50. The molecule has 4 saturated carbocycles. The predicted octanol–water partition coefficient (Wildman–Crippen LogP) is 6.06. The first kappa shape index (κ1) is 86.2. The number of nitrogens with zero attached hydrogens (tertiary/aromatic N) is 9. The van der Waals surface area contributed by atoms with Crippen molar-refractivity contribution in [1.29, 1.82) is 0 Å². The summed E-state index contributed by atoms with van der Waals surface area (Å²) >= 11 is 0. The number of ether oxygens (including phenoxy) is 1. The second-order valence-electron chi connectivity index (χ2n) is 32.9. The Bertz CT molecular complexity index is 3160. The molecule has 1 spiro atoms. The first-order chi connectivity index (χ1) is 49.7. The van der Waals surface area contributed by atoms with Gasteiger partial charge in [0.25, 0.3) is 0 Å². The van der Waals surface area contributed by atoms with Gasteiger partial charge in [0.05, 0.1) is 26.1 Å². The molecule has 2 unspecified atom stereocenters. The van der Waals surface area contributed by atoms with Crippen LogP contribution in [0.3, 0.4) is 0 Å². The number of amides is 12. The summed E-state index contributed by atoms with van der Waals surface area (Å²) in [6.07, 6.45) is -2.82. The molecular formula is C76H121F5N12O13. The minimum Gasteiger partial charge on any atom is -0.379 e. The van der Waals surface area contributed by atoms with E-state index in [1.54, 1.807) is 40.7 Å². The Labute approximate surface area is 623 Å². The molecule has 106 heavy (non-hydrogen) atoms. The van der Waals surface area contributed by atoms with Crippen LogP contribution in [0.2, 0.25) is 0 Å². The fourth-order valence-electron chi connectivity index (χ4n) is 17.5. The third-order valence-electron chi connectivity index (χ3n) is 24.1. The van der Waals surface area contributed by atoms with Gasteiger partial charge in [0, 0.05) is 75.6 Å². The summed E-state index contributed by atoms with van der Waals surface area (Å²) in [6, 6.07) is -10.7. The normalized spacial score (nSPS) is 32.6. The van der Waals surface area contributed by atoms with E-state index < -0.39 is 205 Å². The number of alkyl halides is 5. The monoisotopic (exact) mass is 1500 g/mol. The van der Waals surface area contributed by atoms with Crippen molar-refractivity contribution < 1.29 is 84.2 Å². The molecule has 6 fully saturated rings. The molecule has 3 aliphatic heterocycles. The van der Waals surface area contributed by atoms with Crippen LogP contribution in [0, 0.1) is 46.8 Å². The first-order valence-electron chi connectivity index (χ1n) is 38.6. The number of carbonyl (C=O) groups excluding carboxylic acids is 12. The minimum absolute atomic E-state index is 0.0100. The smallest absolute Gasteiger partial charge is 0.379 e. The van der Waals surface area contributed by atoms with Crippen LogP contribution in [-0.2, 0) is 62.3 Å². The molecule has 0 aromatic carbocycles. The molecule has 7 aliphatic rings. The number of nitrogens with one attached hydrogen (secondary N) is 3. The number of rotatable bonds is 13. The molecule has 0 radical (unpaired) electrons. The zero-order chi connectivity index (χ0) is 78.8. The molecule has 7 rings (SSSR count). The van der Waals surface area contributed by atoms with Crippen LogP contribution in [0.1, 0.15) is 184 Å². The van der Waals surface area contributed by atoms with Crippen molar-refractivity contribution >= 4 is 70.9 Å². The van der Waals surface area contributed by atoms with Gasteiger partial charge < -0.3 is 64.8 Å². The average molecular weight is 1510 g/mol. The molecule has 598 valence electrons. The third-order valence-corrected chi connectivity index (χ3v) is 24.1. The van der Waals surface area contributed by atoms with E-state index in [1.807, 2.05) is 19.9 Å². The predicted molar refractivity (Wildman–Crippen MR) is 385 cm³/mol. The summed E-state index contributed by atoms with van der Waals surface area (Å²) in [7, 11) is 9.83. The van der Waals surface area contributed by atoms with E-state index in [1.165, 1.54) is 73.8 Å². The van der Waals surface area contributed by atoms with Crippen molar-refractivity contribution in [3.05, 3.63) is 12.2 Å². The number of likely N-dealkylation sites (N-methyl/N-ethyl adjacent to an activating group) is 7. The van der Waals surface area contributed by atoms with E-state index in [0.717, 1.165) is 45.3 Å². The highest BCUT2D eigenvalue weighted by Gasteiger charge is 2.60. The Morgan fingerprint density at radius 3 is 1.88 bits per heavy atom. The highest BCUT2D eigenvalue weighted by molar-refractivity contribution is 6.01. The molecule has 4 aliphatic carbocycles. The van der Waals surface area contributed by atoms with Gasteiger partial charge in [-0.25, -0.2) is 8.78 Å². The van der Waals surface area contributed by atoms with Crippen LogP contribution >= 0.6 is 0 Å². The van der Waals surface area contributed by atoms with Gasteiger partial charge in [-0.2, -0.15) is 13.2 Å². The molecule has 2 bridgehead atoms. The van der Waals surface area contributed by atoms with Gasteiger partial charge in [0.2, 0.25) is 70.9 Å². The number of halogens is 5. The molecule has 3 N–H and O–H groups in total. The van der Waals surface area contributed by atoms with Crippen molar-refractivity contribution in [1.82, 2.24) is 60.0 Å². The zero-order valence-corrected chi connectivity index (χ0v) is 65.3. The van der Waals surface area contributed by atoms with Gasteiger partial charge in [-0.3, -0.25) is 57.5 Å². The fraction of sp³-hybridized carbons (Fsp3) is 0.816. The molecule has 2 saturated heterocycles. The second kappa shape index (κ2) is 36.9. The lowest BCUT2D eigenvalue weighted by Gasteiger charge is -2.54. The topological polar surface area (TPSA) is 279 Å². The Hall–Kier alpha value is -7.01. The van der Waals surface area contributed by atoms with Crippen LogP contribution in [0.15, 0.2) is 12.2 Å². The Morgan fingerprint density at radius 1 is 0.670 bits per heavy atom. The van der Waals surface area contributed by atoms with E-state index in [9.17, 15) is 41.9 Å². The van der Waals surface area contributed by atoms with Crippen molar-refractivity contribution in [3.8, 4) is 0 Å². The summed E-state index contributed by atoms with van der Waals surface area (Å²) in [6.45, 7) is 13.2. The average Bonchev–Trinajstić information content (AvgIpc) is 0.928. The molecule has 0 aromatic heterocycles. The third kappa shape index (κ3) is 20.7. The van der Waals surface area contributed by atoms with Crippen LogP contribution in [0.4, 0.5) is 22.0 Å². The van der Waals surface area contributed by atoms with E-state index in [4.69, 9.17) is 4.74 Å². The quantitative estimate of drug-likeness (QED) is 0.140. The lowest BCUT2D eigenvalue weighted by atomic mass is 9.58. The van der Waals surface area contributed by atoms with E-state index in [-0.39, 0.29) is 89.6 Å². The molecule has 25 nitrogen and oxygen atoms in total. The standard InChI is InChI=1S/C76H121F5N12O13/c1-16-47(6)63-71(103)87(11)41-61(96)88(12)54-26-20-19-23-33-92(70(54)102)57(37-48-29-27-45(4)28-30-48)69(101)86(10)40-59(94)82-53(32-31-49-35-51(77)62(52(78)36-49)76(79,80)81)67(99)93-39-46(5)34-55(93)66(98)84-75(43-74(7,8)44-75)73(105)91(15)64(50-24-21-22-25-50)72(104)90(14)56(68(100)85(9)17-2)38-60(95)89(13)58(42-106-18-3)65(97)83-63/h19-20,45-58,62-64H,16-18,21-44H2,1-15H3,(H,82,94)(H,83,97)(H,84,98)/b20-19-/t45?,46-,47-,48?,49?,51?,52?,53-,54-,55-,56-,57-,58-,62?,63-,64-/m0/s1.